The van der Waals surface area contributed by atoms with Gasteiger partial charge in [0.25, 0.3) is 16.7 Å². The van der Waals surface area contributed by atoms with Crippen LogP contribution < -0.4 is 21.4 Å². The number of amides is 3. The van der Waals surface area contributed by atoms with Gasteiger partial charge in [0.1, 0.15) is 38.9 Å². The Kier molecular flexibility index (Phi) is 32.6. The number of hydrogen-bond acceptors (Lipinski definition) is 16. The van der Waals surface area contributed by atoms with Crippen LogP contribution >= 0.6 is 11.6 Å². The summed E-state index contributed by atoms with van der Waals surface area (Å²) in [7, 11) is 0.846. The van der Waals surface area contributed by atoms with Gasteiger partial charge >= 0.3 is 0 Å². The van der Waals surface area contributed by atoms with Crippen molar-refractivity contribution in [2.75, 3.05) is 58.5 Å². The molecule has 1 unspecified atom stereocenters. The number of rotatable bonds is 30. The Bertz CT molecular complexity index is 5680. The van der Waals surface area contributed by atoms with E-state index in [9.17, 15) is 46.0 Å². The molecule has 118 heavy (non-hydrogen) atoms. The molecule has 12 aromatic rings. The third-order valence-electron chi connectivity index (χ3n) is 20.8. The molecule has 6 aromatic carbocycles. The summed E-state index contributed by atoms with van der Waals surface area (Å²) in [5.41, 5.74) is 6.79. The number of aryl methyl sites for hydroxylation is 2. The second-order valence-corrected chi connectivity index (χ2v) is 32.4. The molecule has 6 aromatic heterocycles. The fourth-order valence-electron chi connectivity index (χ4n) is 14.2. The molecule has 0 bridgehead atoms. The van der Waals surface area contributed by atoms with E-state index in [4.69, 9.17) is 31.3 Å². The molecular formula is C91H99ClF2N13O9SY-. The average Bonchev–Trinajstić information content (AvgIpc) is 0.771. The van der Waals surface area contributed by atoms with Gasteiger partial charge in [0.2, 0.25) is 17.7 Å². The van der Waals surface area contributed by atoms with Crippen LogP contribution in [0.25, 0.3) is 50.0 Å². The molecule has 3 atom stereocenters. The van der Waals surface area contributed by atoms with E-state index >= 15 is 0 Å². The summed E-state index contributed by atoms with van der Waals surface area (Å²) in [6, 6.07) is 52.6. The number of hydrogen-bond donors (Lipinski definition) is 0. The molecule has 0 N–H and O–H groups in total. The van der Waals surface area contributed by atoms with Crippen molar-refractivity contribution in [1.29, 1.82) is 0 Å². The summed E-state index contributed by atoms with van der Waals surface area (Å²) >= 11 is 6.13. The molecule has 3 amide bonds. The van der Waals surface area contributed by atoms with E-state index in [-0.39, 0.29) is 104 Å². The van der Waals surface area contributed by atoms with Gasteiger partial charge in [-0.3, -0.25) is 51.8 Å². The van der Waals surface area contributed by atoms with E-state index in [0.717, 1.165) is 59.9 Å². The molecule has 1 radical (unpaired) electrons. The number of pyridine rings is 3. The van der Waals surface area contributed by atoms with Crippen molar-refractivity contribution >= 4 is 72.1 Å². The second-order valence-electron chi connectivity index (χ2n) is 29.7. The van der Waals surface area contributed by atoms with Gasteiger partial charge in [-0.2, -0.15) is 29.8 Å². The molecule has 0 spiro atoms. The number of fused-ring (bicyclic) bond motifs is 3. The van der Waals surface area contributed by atoms with Crippen LogP contribution in [0.15, 0.2) is 215 Å². The molecule has 1 aliphatic rings. The Hall–Kier alpha value is -10.4. The van der Waals surface area contributed by atoms with Crippen molar-refractivity contribution in [3.63, 3.8) is 0 Å². The van der Waals surface area contributed by atoms with E-state index in [1.807, 2.05) is 145 Å². The van der Waals surface area contributed by atoms with E-state index in [0.29, 0.717) is 137 Å². The van der Waals surface area contributed by atoms with Gasteiger partial charge < -0.3 is 24.3 Å². The Labute approximate surface area is 717 Å². The molecule has 1 fully saturated rings. The maximum atomic E-state index is 13.9. The summed E-state index contributed by atoms with van der Waals surface area (Å²) in [5.74, 6) is 1.53. The summed E-state index contributed by atoms with van der Waals surface area (Å²) in [6.45, 7) is 13.6. The number of benzene rings is 6. The summed E-state index contributed by atoms with van der Waals surface area (Å²) in [5, 5.41) is 1.75. The number of nitrogens with zero attached hydrogens (tertiary/aromatic N) is 13. The molecule has 0 aliphatic carbocycles. The number of halogens is 3. The van der Waals surface area contributed by atoms with Gasteiger partial charge in [-0.05, 0) is 207 Å². The molecule has 0 saturated carbocycles. The topological polar surface area (TPSA) is 251 Å². The van der Waals surface area contributed by atoms with Crippen molar-refractivity contribution in [3.05, 3.63) is 294 Å². The zero-order valence-electron chi connectivity index (χ0n) is 67.9. The third-order valence-corrected chi connectivity index (χ3v) is 22.8. The predicted octanol–water partition coefficient (Wildman–Crippen LogP) is 15.4. The number of ether oxygens (including phenoxy) is 1. The Morgan fingerprint density at radius 1 is 0.568 bits per heavy atom. The maximum absolute atomic E-state index is 13.9. The zero-order chi connectivity index (χ0) is 83.3. The van der Waals surface area contributed by atoms with Crippen molar-refractivity contribution in [3.8, 4) is 22.8 Å². The van der Waals surface area contributed by atoms with Crippen LogP contribution in [0.1, 0.15) is 149 Å². The van der Waals surface area contributed by atoms with Gasteiger partial charge in [0.05, 0.1) is 88.1 Å². The molecule has 13 rings (SSSR count). The number of para-hydroxylation sites is 1. The van der Waals surface area contributed by atoms with Crippen LogP contribution in [0.2, 0.25) is 5.02 Å². The van der Waals surface area contributed by atoms with Crippen molar-refractivity contribution in [1.82, 2.24) is 63.2 Å². The molecule has 1 aliphatic heterocycles. The van der Waals surface area contributed by atoms with Gasteiger partial charge in [-0.1, -0.05) is 92.2 Å². The van der Waals surface area contributed by atoms with Crippen molar-refractivity contribution < 1.29 is 69.0 Å². The number of likely N-dealkylation sites (N-methyl/N-ethyl adjacent to an activating group) is 1. The van der Waals surface area contributed by atoms with Crippen molar-refractivity contribution in [2.24, 2.45) is 5.92 Å². The number of aromatic nitrogens is 9. The van der Waals surface area contributed by atoms with E-state index in [2.05, 4.69) is 21.0 Å². The van der Waals surface area contributed by atoms with Crippen molar-refractivity contribution in [2.45, 2.75) is 137 Å². The van der Waals surface area contributed by atoms with E-state index in [1.165, 1.54) is 21.3 Å². The molecule has 27 heteroatoms. The van der Waals surface area contributed by atoms with Gasteiger partial charge in [0.15, 0.2) is 11.3 Å². The van der Waals surface area contributed by atoms with Gasteiger partial charge in [0, 0.05) is 102 Å². The number of unbranched alkanes of at least 4 members (excludes halogenated alkanes) is 5. The molecule has 1 saturated heterocycles. The Morgan fingerprint density at radius 2 is 1.08 bits per heavy atom. The maximum Gasteiger partial charge on any atom is 0.267 e. The van der Waals surface area contributed by atoms with Crippen LogP contribution in [0.5, 0.6) is 5.75 Å². The summed E-state index contributed by atoms with van der Waals surface area (Å²) in [6.07, 6.45) is 13.5. The molecule has 7 heterocycles. The van der Waals surface area contributed by atoms with Crippen LogP contribution in [-0.4, -0.2) is 148 Å². The smallest absolute Gasteiger partial charge is 0.267 e. The quantitative estimate of drug-likeness (QED) is 0.0300. The van der Waals surface area contributed by atoms with E-state index in [1.54, 1.807) is 123 Å². The minimum atomic E-state index is -3.06. The second kappa shape index (κ2) is 42.8. The average molecular weight is 1710 g/mol. The fourth-order valence-corrected chi connectivity index (χ4v) is 16.0. The predicted molar refractivity (Wildman–Crippen MR) is 454 cm³/mol. The first-order chi connectivity index (χ1) is 56.4. The van der Waals surface area contributed by atoms with E-state index < -0.39 is 33.8 Å². The Balaban J connectivity index is 0.000000186. The number of sulfone groups is 1. The van der Waals surface area contributed by atoms with Gasteiger partial charge in [-0.25, -0.2) is 37.7 Å². The zero-order valence-corrected chi connectivity index (χ0v) is 72.3. The van der Waals surface area contributed by atoms with Crippen LogP contribution in [0.4, 0.5) is 8.78 Å². The standard InChI is InChI=1S/C32H31N5O3.C30H30ClN4O4S.C29H38F2N4O2.Y/c1-4-40-27-15-13-26(14-16-27)37-31(35-30-28(32(37)39)8-6-18-34-30)23(3)36(21-25-7-5-17-33-20-25)29(38)19-24-11-9-22(2)10-12-24;1-20-5-7-22(8-6-20)18-27(36)34(19-23-13-16-40(38,39)17-14-23)21(2)29-33-28-26(4-3-15-32-28)30(37)35(29)25-11-9-24(31)10-12-25;1-22(34(21-20-33(2)3)27(36)14-8-6-4-5-7-11-19-30)28-32-26-13-10-9-12-25(26)29(37)35(28)24-17-15-23(31)16-18-24;/h5-18,20,23H,4,19,21H2,1-3H3;3-5,7-12,15,21,23H,13-14,16-19H2,1-2H3;9-10,12-13,15-18,22H,4-8,11,14,19-21H2,1-3H3;/q;-1;;/t23-;21-;;/m11../s1. The van der Waals surface area contributed by atoms with Crippen LogP contribution in [-0.2, 0) is 76.3 Å². The minimum Gasteiger partial charge on any atom is -0.494 e. The first-order valence-electron chi connectivity index (χ1n) is 39.6. The third kappa shape index (κ3) is 23.5. The monoisotopic (exact) mass is 1710 g/mol. The number of carbonyl (C=O) groups excluding carboxylic acids is 3. The first kappa shape index (κ1) is 89.9. The fraction of sp³-hybridized carbons (Fsp3) is 0.341. The number of alkyl halides is 1. The Morgan fingerprint density at radius 3 is 1.64 bits per heavy atom. The number of carbonyl (C=O) groups is 3. The molecule has 613 valence electrons. The minimum absolute atomic E-state index is 0. The largest absolute Gasteiger partial charge is 0.494 e. The van der Waals surface area contributed by atoms with Crippen LogP contribution in [0.3, 0.4) is 0 Å². The summed E-state index contributed by atoms with van der Waals surface area (Å²) in [4.78, 5) is 117. The molecular weight excluding hydrogens is 1610 g/mol. The van der Waals surface area contributed by atoms with Crippen LogP contribution in [0, 0.1) is 31.6 Å². The normalized spacial score (nSPS) is 13.3. The SMILES string of the molecule is CC(c1nc2ccccc2c(=O)n1-c1ccc(F)cc1)N(CCN(C)C)C(=O)CCCCCCCCF.CCOc1ccc(-n2c([C@@H](C)N(Cc3cccnc3)C(=O)Cc3ccc(C)cc3)nc3ncccc3c2=O)cc1.Cc1[c-]cc(CC(=O)N(CC2CCS(=O)(=O)CC2)[C@H](C)c2nc3ncccc3c(=O)n2-c2ccc(Cl)cc2)cc1.[Y]. The van der Waals surface area contributed by atoms with Gasteiger partial charge in [-0.15, -0.1) is 5.56 Å². The first-order valence-corrected chi connectivity index (χ1v) is 41.8. The molecule has 22 nitrogen and oxygen atoms in total. The summed E-state index contributed by atoms with van der Waals surface area (Å²) < 4.78 is 60.3.